The second-order valence-electron chi connectivity index (χ2n) is 6.04. The van der Waals surface area contributed by atoms with Gasteiger partial charge in [-0.1, -0.05) is 25.1 Å². The molecule has 2 heterocycles. The summed E-state index contributed by atoms with van der Waals surface area (Å²) in [5, 5.41) is -0.532. The Bertz CT molecular complexity index is 925. The van der Waals surface area contributed by atoms with E-state index in [1.807, 2.05) is 13.0 Å². The average molecular weight is 400 g/mol. The molecule has 1 aliphatic heterocycles. The smallest absolute Gasteiger partial charge is 0.223 e. The van der Waals surface area contributed by atoms with E-state index < -0.39 is 25.1 Å². The van der Waals surface area contributed by atoms with E-state index in [0.29, 0.717) is 21.9 Å². The zero-order valence-electron chi connectivity index (χ0n) is 14.0. The summed E-state index contributed by atoms with van der Waals surface area (Å²) in [6, 6.07) is 11.9. The van der Waals surface area contributed by atoms with Crippen molar-refractivity contribution in [3.05, 3.63) is 47.3 Å². The van der Waals surface area contributed by atoms with Gasteiger partial charge in [0.2, 0.25) is 0 Å². The van der Waals surface area contributed by atoms with Gasteiger partial charge in [-0.2, -0.15) is 4.31 Å². The van der Waals surface area contributed by atoms with E-state index in [2.05, 4.69) is 0 Å². The van der Waals surface area contributed by atoms with Gasteiger partial charge in [0.05, 0.1) is 10.1 Å². The predicted octanol–water partition coefficient (Wildman–Crippen LogP) is 2.94. The largest absolute Gasteiger partial charge is 0.252 e. The van der Waals surface area contributed by atoms with Gasteiger partial charge in [0.15, 0.2) is 9.84 Å². The second-order valence-corrected chi connectivity index (χ2v) is 11.6. The summed E-state index contributed by atoms with van der Waals surface area (Å²) in [7, 11) is -6.94. The van der Waals surface area contributed by atoms with Crippen molar-refractivity contribution in [2.75, 3.05) is 13.1 Å². The van der Waals surface area contributed by atoms with E-state index in [9.17, 15) is 16.8 Å². The molecular weight excluding hydrogens is 378 g/mol. The quantitative estimate of drug-likeness (QED) is 0.775. The molecule has 2 aromatic rings. The molecule has 5 nitrogen and oxygen atoms in total. The fraction of sp³-hybridized carbons (Fsp3) is 0.412. The lowest BCUT2D eigenvalue weighted by Gasteiger charge is -2.30. The van der Waals surface area contributed by atoms with Crippen molar-refractivity contribution in [2.45, 2.75) is 40.5 Å². The number of nitrogens with zero attached hydrogens (tertiary/aromatic N) is 1. The lowest BCUT2D eigenvalue weighted by Crippen LogP contribution is -2.42. The summed E-state index contributed by atoms with van der Waals surface area (Å²) < 4.78 is 52.6. The van der Waals surface area contributed by atoms with Gasteiger partial charge in [-0.15, -0.1) is 11.3 Å². The van der Waals surface area contributed by atoms with Crippen LogP contribution in [-0.2, 0) is 26.3 Å². The molecular formula is C17H21NO4S3. The van der Waals surface area contributed by atoms with Crippen LogP contribution in [0, 0.1) is 0 Å². The molecule has 25 heavy (non-hydrogen) atoms. The number of thiophene rings is 1. The van der Waals surface area contributed by atoms with Crippen LogP contribution in [0.5, 0.6) is 0 Å². The number of piperidine rings is 1. The number of hydrogen-bond acceptors (Lipinski definition) is 5. The molecule has 136 valence electrons. The summed E-state index contributed by atoms with van der Waals surface area (Å²) in [6.07, 6.45) is 1.45. The van der Waals surface area contributed by atoms with E-state index in [-0.39, 0.29) is 13.1 Å². The topological polar surface area (TPSA) is 71.5 Å². The predicted molar refractivity (Wildman–Crippen MR) is 99.1 cm³/mol. The maximum Gasteiger partial charge on any atom is 0.252 e. The molecule has 0 bridgehead atoms. The number of hydrogen-bond donors (Lipinski definition) is 0. The van der Waals surface area contributed by atoms with Crippen molar-refractivity contribution in [3.63, 3.8) is 0 Å². The molecule has 0 aliphatic carbocycles. The first-order chi connectivity index (χ1) is 11.9. The minimum Gasteiger partial charge on any atom is -0.223 e. The van der Waals surface area contributed by atoms with Crippen molar-refractivity contribution in [2.24, 2.45) is 0 Å². The first kappa shape index (κ1) is 18.6. The number of benzene rings is 1. The SMILES string of the molecule is CCc1ccc(S(=O)(=O)N2CCC(S(=O)(=O)c3ccccc3)CC2)s1. The molecule has 8 heteroatoms. The molecule has 0 unspecified atom stereocenters. The van der Waals surface area contributed by atoms with Crippen LogP contribution in [0.15, 0.2) is 51.6 Å². The Labute approximate surface area is 153 Å². The van der Waals surface area contributed by atoms with Gasteiger partial charge < -0.3 is 0 Å². The Morgan fingerprint density at radius 1 is 1.00 bits per heavy atom. The molecule has 0 N–H and O–H groups in total. The monoisotopic (exact) mass is 399 g/mol. The Kier molecular flexibility index (Phi) is 5.34. The molecule has 0 radical (unpaired) electrons. The van der Waals surface area contributed by atoms with Crippen molar-refractivity contribution in [1.29, 1.82) is 0 Å². The minimum atomic E-state index is -3.53. The molecule has 1 fully saturated rings. The molecule has 1 aliphatic rings. The van der Waals surface area contributed by atoms with E-state index in [1.165, 1.54) is 15.6 Å². The van der Waals surface area contributed by atoms with Crippen molar-refractivity contribution in [3.8, 4) is 0 Å². The van der Waals surface area contributed by atoms with Gasteiger partial charge in [-0.05, 0) is 43.5 Å². The lowest BCUT2D eigenvalue weighted by molar-refractivity contribution is 0.346. The molecule has 0 spiro atoms. The zero-order valence-corrected chi connectivity index (χ0v) is 16.4. The van der Waals surface area contributed by atoms with Crippen LogP contribution in [-0.4, -0.2) is 39.5 Å². The highest BCUT2D eigenvalue weighted by Crippen LogP contribution is 2.30. The highest BCUT2D eigenvalue weighted by molar-refractivity contribution is 7.92. The Morgan fingerprint density at radius 3 is 2.20 bits per heavy atom. The van der Waals surface area contributed by atoms with E-state index in [1.54, 1.807) is 36.4 Å². The van der Waals surface area contributed by atoms with Crippen molar-refractivity contribution >= 4 is 31.2 Å². The third kappa shape index (κ3) is 3.67. The first-order valence-corrected chi connectivity index (χ1v) is 12.0. The van der Waals surface area contributed by atoms with Crippen LogP contribution in [0.25, 0.3) is 0 Å². The van der Waals surface area contributed by atoms with E-state index in [0.717, 1.165) is 11.3 Å². The Hall–Kier alpha value is -1.22. The molecule has 1 aromatic carbocycles. The standard InChI is InChI=1S/C17H21NO4S3/c1-2-14-8-9-17(23-14)25(21,22)18-12-10-16(11-13-18)24(19,20)15-6-4-3-5-7-15/h3-9,16H,2,10-13H2,1H3. The third-order valence-electron chi connectivity index (χ3n) is 4.49. The number of sulfone groups is 1. The third-order valence-corrected chi connectivity index (χ3v) is 10.4. The van der Waals surface area contributed by atoms with Crippen LogP contribution >= 0.6 is 11.3 Å². The summed E-state index contributed by atoms with van der Waals surface area (Å²) >= 11 is 1.29. The van der Waals surface area contributed by atoms with Crippen LogP contribution in [0.2, 0.25) is 0 Å². The molecule has 0 saturated carbocycles. The minimum absolute atomic E-state index is 0.235. The fourth-order valence-corrected chi connectivity index (χ4v) is 7.67. The summed E-state index contributed by atoms with van der Waals surface area (Å²) in [5.74, 6) is 0. The normalized spacial score (nSPS) is 17.6. The zero-order chi connectivity index (χ0) is 18.1. The van der Waals surface area contributed by atoms with Crippen LogP contribution < -0.4 is 0 Å². The van der Waals surface area contributed by atoms with Crippen molar-refractivity contribution in [1.82, 2.24) is 4.31 Å². The van der Waals surface area contributed by atoms with Crippen molar-refractivity contribution < 1.29 is 16.8 Å². The number of sulfonamides is 1. The van der Waals surface area contributed by atoms with Gasteiger partial charge in [0, 0.05) is 18.0 Å². The van der Waals surface area contributed by atoms with Crippen LogP contribution in [0.1, 0.15) is 24.6 Å². The summed E-state index contributed by atoms with van der Waals surface area (Å²) in [6.45, 7) is 2.46. The molecule has 1 aromatic heterocycles. The van der Waals surface area contributed by atoms with Crippen LogP contribution in [0.3, 0.4) is 0 Å². The van der Waals surface area contributed by atoms with E-state index in [4.69, 9.17) is 0 Å². The summed E-state index contributed by atoms with van der Waals surface area (Å²) in [5.41, 5.74) is 0. The molecule has 1 saturated heterocycles. The Morgan fingerprint density at radius 2 is 1.64 bits per heavy atom. The molecule has 3 rings (SSSR count). The number of aryl methyl sites for hydroxylation is 1. The van der Waals surface area contributed by atoms with Gasteiger partial charge in [0.25, 0.3) is 10.0 Å². The van der Waals surface area contributed by atoms with Gasteiger partial charge in [-0.25, -0.2) is 16.8 Å². The first-order valence-electron chi connectivity index (χ1n) is 8.23. The maximum absolute atomic E-state index is 12.7. The van der Waals surface area contributed by atoms with Crippen LogP contribution in [0.4, 0.5) is 0 Å². The van der Waals surface area contributed by atoms with Gasteiger partial charge in [0.1, 0.15) is 4.21 Å². The highest BCUT2D eigenvalue weighted by atomic mass is 32.2. The van der Waals surface area contributed by atoms with Gasteiger partial charge >= 0.3 is 0 Å². The highest BCUT2D eigenvalue weighted by Gasteiger charge is 2.36. The number of rotatable bonds is 5. The fourth-order valence-electron chi connectivity index (χ4n) is 3.00. The molecule has 0 amide bonds. The summed E-state index contributed by atoms with van der Waals surface area (Å²) in [4.78, 5) is 1.34. The lowest BCUT2D eigenvalue weighted by atomic mass is 10.2. The second kappa shape index (κ2) is 7.19. The molecule has 0 atom stereocenters. The maximum atomic E-state index is 12.7. The van der Waals surface area contributed by atoms with Gasteiger partial charge in [-0.3, -0.25) is 0 Å². The average Bonchev–Trinajstić information content (AvgIpc) is 3.12. The van der Waals surface area contributed by atoms with E-state index >= 15 is 0 Å². The Balaban J connectivity index is 1.73.